The van der Waals surface area contributed by atoms with Crippen LogP contribution in [0.3, 0.4) is 0 Å². The van der Waals surface area contributed by atoms with Gasteiger partial charge in [0, 0.05) is 32.4 Å². The second kappa shape index (κ2) is 5.47. The molecule has 17 heavy (non-hydrogen) atoms. The van der Waals surface area contributed by atoms with Crippen molar-refractivity contribution in [3.05, 3.63) is 18.3 Å². The minimum Gasteiger partial charge on any atom is -0.459 e. The molecular weight excluding hydrogens is 225 g/mol. The quantitative estimate of drug-likeness (QED) is 0.724. The molecule has 0 spiro atoms. The van der Waals surface area contributed by atoms with Crippen LogP contribution in [0.4, 0.5) is 10.2 Å². The molecule has 6 heteroatoms. The second-order valence-corrected chi connectivity index (χ2v) is 3.71. The van der Waals surface area contributed by atoms with Gasteiger partial charge in [-0.25, -0.2) is 9.37 Å². The fourth-order valence-electron chi connectivity index (χ4n) is 1.83. The highest BCUT2D eigenvalue weighted by atomic mass is 19.1. The van der Waals surface area contributed by atoms with Gasteiger partial charge in [-0.1, -0.05) is 0 Å². The van der Waals surface area contributed by atoms with Crippen molar-refractivity contribution in [2.45, 2.75) is 0 Å². The first-order valence-corrected chi connectivity index (χ1v) is 5.43. The first kappa shape index (κ1) is 11.6. The van der Waals surface area contributed by atoms with E-state index in [2.05, 4.69) is 4.98 Å². The summed E-state index contributed by atoms with van der Waals surface area (Å²) in [5.41, 5.74) is 0. The Morgan fingerprint density at radius 2 is 2.18 bits per heavy atom. The zero-order chi connectivity index (χ0) is 12.1. The Hall–Kier alpha value is -1.85. The summed E-state index contributed by atoms with van der Waals surface area (Å²) in [7, 11) is 0. The molecule has 0 unspecified atom stereocenters. The molecule has 0 bridgehead atoms. The van der Waals surface area contributed by atoms with Crippen molar-refractivity contribution in [1.29, 1.82) is 0 Å². The van der Waals surface area contributed by atoms with Crippen LogP contribution in [0.1, 0.15) is 0 Å². The lowest BCUT2D eigenvalue weighted by atomic mass is 10.3. The van der Waals surface area contributed by atoms with Gasteiger partial charge in [-0.15, -0.1) is 0 Å². The number of alkyl halides is 1. The third-order valence-electron chi connectivity index (χ3n) is 2.72. The smallest absolute Gasteiger partial charge is 0.228 e. The summed E-state index contributed by atoms with van der Waals surface area (Å²) in [5, 5.41) is 0. The number of halogens is 1. The number of carbonyl (C=O) groups excluding carboxylic acids is 1. The number of nitrogens with zero attached hydrogens (tertiary/aromatic N) is 3. The fraction of sp³-hybridized carbons (Fsp3) is 0.455. The SMILES string of the molecule is O=CN1CCN(c2ncccc2OCF)CC1. The number of rotatable bonds is 4. The average molecular weight is 239 g/mol. The molecule has 0 aliphatic carbocycles. The Bertz CT molecular complexity index is 381. The average Bonchev–Trinajstić information content (AvgIpc) is 2.40. The summed E-state index contributed by atoms with van der Waals surface area (Å²) in [6, 6.07) is 3.39. The van der Waals surface area contributed by atoms with E-state index in [-0.39, 0.29) is 0 Å². The molecule has 1 aromatic heterocycles. The lowest BCUT2D eigenvalue weighted by molar-refractivity contribution is -0.118. The molecule has 1 fully saturated rings. The van der Waals surface area contributed by atoms with Crippen molar-refractivity contribution >= 4 is 12.2 Å². The maximum absolute atomic E-state index is 12.2. The Balaban J connectivity index is 2.09. The van der Waals surface area contributed by atoms with Crippen molar-refractivity contribution in [1.82, 2.24) is 9.88 Å². The van der Waals surface area contributed by atoms with Crippen LogP contribution >= 0.6 is 0 Å². The van der Waals surface area contributed by atoms with E-state index in [9.17, 15) is 9.18 Å². The molecule has 92 valence electrons. The summed E-state index contributed by atoms with van der Waals surface area (Å²) < 4.78 is 17.1. The zero-order valence-corrected chi connectivity index (χ0v) is 9.38. The summed E-state index contributed by atoms with van der Waals surface area (Å²) >= 11 is 0. The molecule has 0 radical (unpaired) electrons. The predicted molar refractivity (Wildman–Crippen MR) is 60.7 cm³/mol. The molecule has 5 nitrogen and oxygen atoms in total. The van der Waals surface area contributed by atoms with Gasteiger partial charge in [0.1, 0.15) is 0 Å². The molecule has 1 amide bonds. The van der Waals surface area contributed by atoms with Crippen LogP contribution in [-0.4, -0.2) is 49.3 Å². The Labute approximate surface area is 98.8 Å². The third kappa shape index (κ3) is 2.64. The molecule has 0 aromatic carbocycles. The number of anilines is 1. The molecule has 2 heterocycles. The monoisotopic (exact) mass is 239 g/mol. The number of hydrogen-bond donors (Lipinski definition) is 0. The summed E-state index contributed by atoms with van der Waals surface area (Å²) in [5.74, 6) is 1.07. The van der Waals surface area contributed by atoms with Gasteiger partial charge < -0.3 is 14.5 Å². The number of hydrogen-bond acceptors (Lipinski definition) is 4. The summed E-state index contributed by atoms with van der Waals surface area (Å²) in [6.07, 6.45) is 2.49. The van der Waals surface area contributed by atoms with Crippen molar-refractivity contribution in [3.8, 4) is 5.75 Å². The highest BCUT2D eigenvalue weighted by Gasteiger charge is 2.19. The van der Waals surface area contributed by atoms with Gasteiger partial charge >= 0.3 is 0 Å². The van der Waals surface area contributed by atoms with E-state index in [1.165, 1.54) is 0 Å². The molecule has 1 aromatic rings. The Morgan fingerprint density at radius 3 is 2.82 bits per heavy atom. The van der Waals surface area contributed by atoms with Crippen molar-refractivity contribution in [3.63, 3.8) is 0 Å². The fourth-order valence-corrected chi connectivity index (χ4v) is 1.83. The Morgan fingerprint density at radius 1 is 1.41 bits per heavy atom. The Kier molecular flexibility index (Phi) is 3.74. The molecule has 1 aliphatic rings. The highest BCUT2D eigenvalue weighted by molar-refractivity contribution is 5.54. The number of piperazine rings is 1. The minimum atomic E-state index is -0.868. The van der Waals surface area contributed by atoms with Gasteiger partial charge in [0.15, 0.2) is 11.6 Å². The van der Waals surface area contributed by atoms with E-state index in [0.29, 0.717) is 37.7 Å². The first-order valence-electron chi connectivity index (χ1n) is 5.43. The van der Waals surface area contributed by atoms with Crippen LogP contribution in [0, 0.1) is 0 Å². The number of ether oxygens (including phenoxy) is 1. The molecule has 2 rings (SSSR count). The van der Waals surface area contributed by atoms with Gasteiger partial charge in [0.2, 0.25) is 13.3 Å². The molecular formula is C11H14FN3O2. The van der Waals surface area contributed by atoms with Crippen LogP contribution in [-0.2, 0) is 4.79 Å². The van der Waals surface area contributed by atoms with Crippen molar-refractivity contribution < 1.29 is 13.9 Å². The van der Waals surface area contributed by atoms with E-state index in [0.717, 1.165) is 6.41 Å². The number of carbonyl (C=O) groups is 1. The van der Waals surface area contributed by atoms with Crippen LogP contribution in [0.5, 0.6) is 5.75 Å². The summed E-state index contributed by atoms with van der Waals surface area (Å²) in [4.78, 5) is 18.5. The van der Waals surface area contributed by atoms with Crippen LogP contribution < -0.4 is 9.64 Å². The molecule has 0 saturated carbocycles. The largest absolute Gasteiger partial charge is 0.459 e. The van der Waals surface area contributed by atoms with Crippen LogP contribution in [0.15, 0.2) is 18.3 Å². The normalized spacial score (nSPS) is 15.8. The lowest BCUT2D eigenvalue weighted by Gasteiger charge is -2.33. The van der Waals surface area contributed by atoms with E-state index >= 15 is 0 Å². The second-order valence-electron chi connectivity index (χ2n) is 3.71. The topological polar surface area (TPSA) is 45.7 Å². The molecule has 0 atom stereocenters. The summed E-state index contributed by atoms with van der Waals surface area (Å²) in [6.45, 7) is 1.79. The lowest BCUT2D eigenvalue weighted by Crippen LogP contribution is -2.46. The van der Waals surface area contributed by atoms with E-state index in [1.54, 1.807) is 23.2 Å². The zero-order valence-electron chi connectivity index (χ0n) is 9.38. The number of amides is 1. The van der Waals surface area contributed by atoms with Gasteiger partial charge in [-0.05, 0) is 12.1 Å². The van der Waals surface area contributed by atoms with Crippen molar-refractivity contribution in [2.24, 2.45) is 0 Å². The predicted octanol–water partition coefficient (Wildman–Crippen LogP) is 0.666. The minimum absolute atomic E-state index is 0.439. The standard InChI is InChI=1S/C11H14FN3O2/c12-8-17-10-2-1-3-13-11(10)15-6-4-14(9-16)5-7-15/h1-3,9H,4-8H2. The van der Waals surface area contributed by atoms with Gasteiger partial charge in [-0.2, -0.15) is 0 Å². The molecule has 0 N–H and O–H groups in total. The van der Waals surface area contributed by atoms with E-state index < -0.39 is 6.86 Å². The van der Waals surface area contributed by atoms with Crippen molar-refractivity contribution in [2.75, 3.05) is 37.9 Å². The van der Waals surface area contributed by atoms with E-state index in [4.69, 9.17) is 4.74 Å². The van der Waals surface area contributed by atoms with Crippen LogP contribution in [0.25, 0.3) is 0 Å². The maximum Gasteiger partial charge on any atom is 0.228 e. The van der Waals surface area contributed by atoms with Gasteiger partial charge in [0.05, 0.1) is 0 Å². The maximum atomic E-state index is 12.2. The number of pyridine rings is 1. The van der Waals surface area contributed by atoms with Gasteiger partial charge in [-0.3, -0.25) is 4.79 Å². The molecule has 1 saturated heterocycles. The number of aromatic nitrogens is 1. The highest BCUT2D eigenvalue weighted by Crippen LogP contribution is 2.25. The van der Waals surface area contributed by atoms with Gasteiger partial charge in [0.25, 0.3) is 0 Å². The first-order chi connectivity index (χ1) is 8.35. The van der Waals surface area contributed by atoms with E-state index in [1.807, 2.05) is 4.90 Å². The third-order valence-corrected chi connectivity index (χ3v) is 2.72. The molecule has 1 aliphatic heterocycles. The van der Waals surface area contributed by atoms with Crippen LogP contribution in [0.2, 0.25) is 0 Å².